The smallest absolute Gasteiger partial charge is 0.317 e. The van der Waals surface area contributed by atoms with Gasteiger partial charge in [-0.25, -0.2) is 0 Å². The second kappa shape index (κ2) is 21.3. The number of ether oxygens (including phenoxy) is 4. The minimum absolute atomic E-state index is 0.207. The highest BCUT2D eigenvalue weighted by atomic mass is 28.5. The van der Waals surface area contributed by atoms with Crippen LogP contribution in [0.15, 0.2) is 0 Å². The Kier molecular flexibility index (Phi) is 20.4. The van der Waals surface area contributed by atoms with Gasteiger partial charge in [0.15, 0.2) is 25.2 Å². The number of rotatable bonds is 24. The Hall–Kier alpha value is 0.228. The molecule has 0 bridgehead atoms. The number of hydrogen-bond acceptors (Lipinski definition) is 16. The summed E-state index contributed by atoms with van der Waals surface area (Å²) in [6, 6.07) is 2.12. The van der Waals surface area contributed by atoms with E-state index in [0.29, 0.717) is 49.9 Å². The summed E-state index contributed by atoms with van der Waals surface area (Å²) in [7, 11) is -12.0. The van der Waals surface area contributed by atoms with Crippen molar-refractivity contribution in [3.05, 3.63) is 0 Å². The summed E-state index contributed by atoms with van der Waals surface area (Å²) in [5.74, 6) is 0. The Bertz CT molecular complexity index is 623. The number of hydrogen-bond donors (Lipinski definition) is 8. The highest BCUT2D eigenvalue weighted by molar-refractivity contribution is 6.93. The van der Waals surface area contributed by atoms with Crippen molar-refractivity contribution in [1.82, 2.24) is 0 Å². The lowest BCUT2D eigenvalue weighted by molar-refractivity contribution is -0.0948. The first-order valence-corrected chi connectivity index (χ1v) is 25.1. The zero-order valence-electron chi connectivity index (χ0n) is 26.5. The van der Waals surface area contributed by atoms with Crippen molar-refractivity contribution >= 4 is 34.2 Å². The maximum absolute atomic E-state index is 9.09. The molecule has 1 aliphatic heterocycles. The minimum Gasteiger partial charge on any atom is -0.416 e. The highest BCUT2D eigenvalue weighted by Crippen LogP contribution is 2.38. The van der Waals surface area contributed by atoms with Gasteiger partial charge in [-0.05, 0) is 76.0 Å². The van der Waals surface area contributed by atoms with Gasteiger partial charge >= 0.3 is 34.2 Å². The molecular formula is C24H56O16Si4. The van der Waals surface area contributed by atoms with Crippen LogP contribution in [0.4, 0.5) is 0 Å². The lowest BCUT2D eigenvalue weighted by Gasteiger charge is -2.50. The largest absolute Gasteiger partial charge is 0.416 e. The van der Waals surface area contributed by atoms with E-state index in [-0.39, 0.29) is 52.9 Å². The van der Waals surface area contributed by atoms with E-state index >= 15 is 0 Å². The topological polar surface area (TPSA) is 236 Å². The van der Waals surface area contributed by atoms with Crippen LogP contribution < -0.4 is 0 Å². The van der Waals surface area contributed by atoms with Crippen LogP contribution in [-0.2, 0) is 35.4 Å². The molecule has 44 heavy (non-hydrogen) atoms. The van der Waals surface area contributed by atoms with Crippen LogP contribution in [-0.4, -0.2) is 153 Å². The molecule has 1 heterocycles. The lowest BCUT2D eigenvalue weighted by Crippen LogP contribution is -2.67. The van der Waals surface area contributed by atoms with E-state index < -0.39 is 59.4 Å². The maximum Gasteiger partial charge on any atom is 0.317 e. The molecule has 0 radical (unpaired) electrons. The first kappa shape index (κ1) is 42.3. The molecule has 1 rings (SSSR count). The monoisotopic (exact) mass is 712 g/mol. The van der Waals surface area contributed by atoms with Gasteiger partial charge in [0.25, 0.3) is 0 Å². The van der Waals surface area contributed by atoms with E-state index in [1.807, 2.05) is 26.2 Å². The normalized spacial score (nSPS) is 28.4. The molecule has 0 amide bonds. The van der Waals surface area contributed by atoms with Gasteiger partial charge < -0.3 is 76.3 Å². The molecule has 1 fully saturated rings. The fraction of sp³-hybridized carbons (Fsp3) is 1.00. The molecule has 0 aromatic rings. The molecule has 0 aromatic carbocycles. The third-order valence-electron chi connectivity index (χ3n) is 6.47. The molecule has 0 unspecified atom stereocenters. The van der Waals surface area contributed by atoms with Gasteiger partial charge in [-0.15, -0.1) is 0 Å². The van der Waals surface area contributed by atoms with E-state index in [0.717, 1.165) is 0 Å². The molecular weight excluding hydrogens is 657 g/mol. The van der Waals surface area contributed by atoms with Crippen LogP contribution in [0.5, 0.6) is 0 Å². The molecule has 0 aromatic heterocycles. The van der Waals surface area contributed by atoms with E-state index in [2.05, 4.69) is 0 Å². The Morgan fingerprint density at radius 1 is 0.386 bits per heavy atom. The third-order valence-corrected chi connectivity index (χ3v) is 25.3. The Balaban J connectivity index is 3.17. The average Bonchev–Trinajstić information content (AvgIpc) is 2.86. The summed E-state index contributed by atoms with van der Waals surface area (Å²) in [5.41, 5.74) is 0. The van der Waals surface area contributed by atoms with E-state index in [1.54, 1.807) is 0 Å². The molecule has 0 aliphatic carbocycles. The van der Waals surface area contributed by atoms with Crippen LogP contribution in [0, 0.1) is 0 Å². The molecule has 0 atom stereocenters. The van der Waals surface area contributed by atoms with E-state index in [1.165, 1.54) is 0 Å². The van der Waals surface area contributed by atoms with Gasteiger partial charge in [0.1, 0.15) is 0 Å². The Labute approximate surface area is 264 Å². The highest BCUT2D eigenvalue weighted by Gasteiger charge is 2.56. The zero-order chi connectivity index (χ0) is 33.3. The van der Waals surface area contributed by atoms with Gasteiger partial charge in [-0.1, -0.05) is 0 Å². The van der Waals surface area contributed by atoms with Crippen LogP contribution >= 0.6 is 0 Å². The minimum atomic E-state index is -2.99. The fourth-order valence-corrected chi connectivity index (χ4v) is 28.2. The van der Waals surface area contributed by atoms with Crippen molar-refractivity contribution in [1.29, 1.82) is 0 Å². The lowest BCUT2D eigenvalue weighted by atomic mass is 10.5. The molecule has 16 nitrogen and oxygen atoms in total. The number of aliphatic hydroxyl groups is 8. The molecule has 20 heteroatoms. The summed E-state index contributed by atoms with van der Waals surface area (Å²) in [6.45, 7) is 8.12. The molecule has 0 saturated carbocycles. The molecule has 8 N–H and O–H groups in total. The van der Waals surface area contributed by atoms with Gasteiger partial charge in [-0.3, -0.25) is 0 Å². The number of aliphatic hydroxyl groups excluding tert-OH is 4. The van der Waals surface area contributed by atoms with Crippen molar-refractivity contribution < 1.29 is 76.3 Å². The average molecular weight is 713 g/mol. The molecule has 264 valence electrons. The van der Waals surface area contributed by atoms with Crippen LogP contribution in [0.25, 0.3) is 0 Å². The van der Waals surface area contributed by atoms with Crippen LogP contribution in [0.1, 0.15) is 25.7 Å². The predicted molar refractivity (Wildman–Crippen MR) is 165 cm³/mol. The quantitative estimate of drug-likeness (QED) is 0.0348. The van der Waals surface area contributed by atoms with Crippen LogP contribution in [0.3, 0.4) is 0 Å². The van der Waals surface area contributed by atoms with Gasteiger partial charge in [0, 0.05) is 26.4 Å². The summed E-state index contributed by atoms with van der Waals surface area (Å²) in [4.78, 5) is 0. The van der Waals surface area contributed by atoms with E-state index in [4.69, 9.17) is 76.3 Å². The van der Waals surface area contributed by atoms with E-state index in [9.17, 15) is 0 Å². The third kappa shape index (κ3) is 19.8. The maximum atomic E-state index is 9.09. The molecule has 1 saturated heterocycles. The zero-order valence-corrected chi connectivity index (χ0v) is 30.5. The Morgan fingerprint density at radius 2 is 0.568 bits per heavy atom. The fourth-order valence-electron chi connectivity index (χ4n) is 5.05. The van der Waals surface area contributed by atoms with Gasteiger partial charge in [0.2, 0.25) is 0 Å². The van der Waals surface area contributed by atoms with Crippen molar-refractivity contribution in [2.24, 2.45) is 0 Å². The van der Waals surface area contributed by atoms with Crippen LogP contribution in [0.2, 0.25) is 50.4 Å². The second-order valence-electron chi connectivity index (χ2n) is 11.6. The SMILES string of the molecule is C[Si]1(CCCOCC(O)O)O[Si](C)(CCCOCC(O)O)O[Si](C)(CCCOCC(O)O)O[Si](C)(CCCOCC(O)O)O1. The van der Waals surface area contributed by atoms with Crippen molar-refractivity contribution in [3.63, 3.8) is 0 Å². The van der Waals surface area contributed by atoms with Gasteiger partial charge in [0.05, 0.1) is 26.4 Å². The standard InChI is InChI=1S/C24H56O16Si4/c1-41(13-5-9-33-17-21(25)26)37-42(2,14-6-10-34-18-22(27)28)39-44(4,16-8-12-36-20-24(31)32)40-43(3,38-41)15-7-11-35-19-23(29)30/h21-32H,5-20H2,1-4H3. The summed E-state index contributed by atoms with van der Waals surface area (Å²) >= 11 is 0. The summed E-state index contributed by atoms with van der Waals surface area (Å²) in [5, 5.41) is 72.7. The first-order chi connectivity index (χ1) is 20.5. The van der Waals surface area contributed by atoms with Gasteiger partial charge in [-0.2, -0.15) is 0 Å². The Morgan fingerprint density at radius 3 is 0.727 bits per heavy atom. The molecule has 0 spiro atoms. The second-order valence-corrected chi connectivity index (χ2v) is 25.9. The first-order valence-electron chi connectivity index (χ1n) is 15.1. The predicted octanol–water partition coefficient (Wildman–Crippen LogP) is -0.776. The summed E-state index contributed by atoms with van der Waals surface area (Å²) in [6.07, 6.45) is -4.07. The summed E-state index contributed by atoms with van der Waals surface area (Å²) < 4.78 is 49.2. The molecule has 1 aliphatic rings. The van der Waals surface area contributed by atoms with Crippen molar-refractivity contribution in [2.45, 2.75) is 101 Å². The van der Waals surface area contributed by atoms with Crippen molar-refractivity contribution in [2.75, 3.05) is 52.9 Å². The van der Waals surface area contributed by atoms with Crippen molar-refractivity contribution in [3.8, 4) is 0 Å².